The first-order valence-electron chi connectivity index (χ1n) is 6.74. The van der Waals surface area contributed by atoms with E-state index in [0.29, 0.717) is 12.1 Å². The van der Waals surface area contributed by atoms with E-state index in [-0.39, 0.29) is 16.5 Å². The molecule has 0 spiro atoms. The molecule has 0 saturated carbocycles. The molecule has 1 N–H and O–H groups in total. The van der Waals surface area contributed by atoms with Gasteiger partial charge in [-0.3, -0.25) is 0 Å². The molecule has 20 heavy (non-hydrogen) atoms. The van der Waals surface area contributed by atoms with E-state index in [9.17, 15) is 13.2 Å². The third-order valence-corrected chi connectivity index (χ3v) is 5.99. The molecule has 110 valence electrons. The molecule has 1 unspecified atom stereocenters. The van der Waals surface area contributed by atoms with Crippen molar-refractivity contribution in [1.29, 1.82) is 0 Å². The van der Waals surface area contributed by atoms with Crippen molar-refractivity contribution in [2.75, 3.05) is 6.54 Å². The van der Waals surface area contributed by atoms with Crippen LogP contribution in [0.3, 0.4) is 0 Å². The summed E-state index contributed by atoms with van der Waals surface area (Å²) in [6, 6.07) is 4.42. The zero-order valence-electron chi connectivity index (χ0n) is 11.7. The highest BCUT2D eigenvalue weighted by Gasteiger charge is 2.35. The monoisotopic (exact) mass is 297 g/mol. The molecule has 2 rings (SSSR count). The van der Waals surface area contributed by atoms with E-state index in [0.717, 1.165) is 19.3 Å². The first-order chi connectivity index (χ1) is 9.39. The standard InChI is InChI=1S/C14H19NO4S/c1-3-11-6-5-9-15(11)20(18,19)13-8-4-7-12(10(13)2)14(16)17/h4,7-8,11H,3,5-6,9H2,1-2H3,(H,16,17). The smallest absolute Gasteiger partial charge is 0.335 e. The highest BCUT2D eigenvalue weighted by Crippen LogP contribution is 2.30. The summed E-state index contributed by atoms with van der Waals surface area (Å²) in [4.78, 5) is 11.2. The van der Waals surface area contributed by atoms with Gasteiger partial charge in [0.2, 0.25) is 10.0 Å². The van der Waals surface area contributed by atoms with Gasteiger partial charge < -0.3 is 5.11 Å². The fourth-order valence-corrected chi connectivity index (χ4v) is 4.80. The maximum absolute atomic E-state index is 12.7. The molecule has 1 saturated heterocycles. The number of hydrogen-bond donors (Lipinski definition) is 1. The van der Waals surface area contributed by atoms with Gasteiger partial charge in [-0.05, 0) is 43.9 Å². The third-order valence-electron chi connectivity index (χ3n) is 3.90. The predicted octanol–water partition coefficient (Wildman–Crippen LogP) is 2.26. The van der Waals surface area contributed by atoms with Crippen LogP contribution in [0.5, 0.6) is 0 Å². The van der Waals surface area contributed by atoms with Crippen molar-refractivity contribution in [2.45, 2.75) is 44.0 Å². The van der Waals surface area contributed by atoms with Crippen LogP contribution >= 0.6 is 0 Å². The Morgan fingerprint density at radius 2 is 2.15 bits per heavy atom. The van der Waals surface area contributed by atoms with Gasteiger partial charge in [0.1, 0.15) is 0 Å². The number of sulfonamides is 1. The number of carboxylic acids is 1. The molecular formula is C14H19NO4S. The molecule has 0 bridgehead atoms. The van der Waals surface area contributed by atoms with Gasteiger partial charge in [0.15, 0.2) is 0 Å². The maximum atomic E-state index is 12.7. The Labute approximate surface area is 119 Å². The van der Waals surface area contributed by atoms with Crippen molar-refractivity contribution in [3.63, 3.8) is 0 Å². The van der Waals surface area contributed by atoms with Crippen molar-refractivity contribution in [2.24, 2.45) is 0 Å². The van der Waals surface area contributed by atoms with E-state index in [1.165, 1.54) is 22.5 Å². The van der Waals surface area contributed by atoms with Crippen LogP contribution < -0.4 is 0 Å². The van der Waals surface area contributed by atoms with Crippen LogP contribution in [0.25, 0.3) is 0 Å². The van der Waals surface area contributed by atoms with Gasteiger partial charge in [0, 0.05) is 12.6 Å². The Morgan fingerprint density at radius 3 is 2.75 bits per heavy atom. The van der Waals surface area contributed by atoms with Crippen LogP contribution in [0.15, 0.2) is 23.1 Å². The molecule has 1 aliphatic rings. The molecule has 1 fully saturated rings. The topological polar surface area (TPSA) is 74.7 Å². The van der Waals surface area contributed by atoms with Gasteiger partial charge in [-0.1, -0.05) is 13.0 Å². The molecule has 0 radical (unpaired) electrons. The van der Waals surface area contributed by atoms with Crippen molar-refractivity contribution in [3.05, 3.63) is 29.3 Å². The lowest BCUT2D eigenvalue weighted by atomic mass is 10.1. The summed E-state index contributed by atoms with van der Waals surface area (Å²) >= 11 is 0. The van der Waals surface area contributed by atoms with Gasteiger partial charge in [-0.2, -0.15) is 4.31 Å². The van der Waals surface area contributed by atoms with Gasteiger partial charge in [0.05, 0.1) is 10.5 Å². The van der Waals surface area contributed by atoms with Crippen LogP contribution in [-0.2, 0) is 10.0 Å². The van der Waals surface area contributed by atoms with Gasteiger partial charge in [-0.15, -0.1) is 0 Å². The van der Waals surface area contributed by atoms with E-state index < -0.39 is 16.0 Å². The fraction of sp³-hybridized carbons (Fsp3) is 0.500. The van der Waals surface area contributed by atoms with Crippen LogP contribution in [0, 0.1) is 6.92 Å². The molecule has 1 atom stereocenters. The van der Waals surface area contributed by atoms with Gasteiger partial charge >= 0.3 is 5.97 Å². The summed E-state index contributed by atoms with van der Waals surface area (Å²) < 4.78 is 27.0. The Bertz CT molecular complexity index is 624. The van der Waals surface area contributed by atoms with Gasteiger partial charge in [0.25, 0.3) is 0 Å². The van der Waals surface area contributed by atoms with Gasteiger partial charge in [-0.25, -0.2) is 13.2 Å². The summed E-state index contributed by atoms with van der Waals surface area (Å²) in [5.41, 5.74) is 0.347. The number of carbonyl (C=O) groups is 1. The highest BCUT2D eigenvalue weighted by atomic mass is 32.2. The van der Waals surface area contributed by atoms with E-state index >= 15 is 0 Å². The van der Waals surface area contributed by atoms with E-state index in [1.807, 2.05) is 6.92 Å². The second-order valence-corrected chi connectivity index (χ2v) is 6.91. The second kappa shape index (κ2) is 5.54. The summed E-state index contributed by atoms with van der Waals surface area (Å²) in [6.45, 7) is 4.03. The first kappa shape index (κ1) is 15.0. The number of rotatable bonds is 4. The molecule has 0 aliphatic carbocycles. The molecule has 6 heteroatoms. The van der Waals surface area contributed by atoms with Crippen molar-refractivity contribution >= 4 is 16.0 Å². The predicted molar refractivity (Wildman–Crippen MR) is 75.3 cm³/mol. The van der Waals surface area contributed by atoms with Crippen LogP contribution in [0.4, 0.5) is 0 Å². The Balaban J connectivity index is 2.50. The number of benzene rings is 1. The zero-order valence-corrected chi connectivity index (χ0v) is 12.5. The number of hydrogen-bond acceptors (Lipinski definition) is 3. The minimum absolute atomic E-state index is 0.0212. The average Bonchev–Trinajstić information content (AvgIpc) is 2.87. The normalized spacial score (nSPS) is 20.2. The molecule has 5 nitrogen and oxygen atoms in total. The molecule has 1 aliphatic heterocycles. The highest BCUT2D eigenvalue weighted by molar-refractivity contribution is 7.89. The van der Waals surface area contributed by atoms with Crippen LogP contribution in [-0.4, -0.2) is 36.4 Å². The Morgan fingerprint density at radius 1 is 1.45 bits per heavy atom. The van der Waals surface area contributed by atoms with Crippen LogP contribution in [0.1, 0.15) is 42.1 Å². The van der Waals surface area contributed by atoms with Crippen molar-refractivity contribution in [1.82, 2.24) is 4.31 Å². The molecule has 1 heterocycles. The van der Waals surface area contributed by atoms with E-state index in [1.54, 1.807) is 6.92 Å². The fourth-order valence-electron chi connectivity index (χ4n) is 2.79. The number of carboxylic acid groups (broad SMARTS) is 1. The SMILES string of the molecule is CCC1CCCN1S(=O)(=O)c1cccc(C(=O)O)c1C. The molecular weight excluding hydrogens is 278 g/mol. The second-order valence-electron chi connectivity index (χ2n) is 5.05. The lowest BCUT2D eigenvalue weighted by Gasteiger charge is -2.24. The summed E-state index contributed by atoms with van der Waals surface area (Å²) in [5.74, 6) is -1.10. The quantitative estimate of drug-likeness (QED) is 0.925. The number of nitrogens with zero attached hydrogens (tertiary/aromatic N) is 1. The number of aromatic carboxylic acids is 1. The molecule has 1 aromatic carbocycles. The minimum Gasteiger partial charge on any atom is -0.478 e. The van der Waals surface area contributed by atoms with Crippen LogP contribution in [0.2, 0.25) is 0 Å². The largest absolute Gasteiger partial charge is 0.478 e. The average molecular weight is 297 g/mol. The lowest BCUT2D eigenvalue weighted by Crippen LogP contribution is -2.35. The van der Waals surface area contributed by atoms with Crippen molar-refractivity contribution in [3.8, 4) is 0 Å². The Kier molecular flexibility index (Phi) is 4.15. The maximum Gasteiger partial charge on any atom is 0.335 e. The van der Waals surface area contributed by atoms with E-state index in [4.69, 9.17) is 5.11 Å². The Hall–Kier alpha value is -1.40. The zero-order chi connectivity index (χ0) is 14.9. The summed E-state index contributed by atoms with van der Waals surface area (Å²) in [5, 5.41) is 9.11. The molecule has 0 aromatic heterocycles. The summed E-state index contributed by atoms with van der Waals surface area (Å²) in [7, 11) is -3.62. The molecule has 1 aromatic rings. The third kappa shape index (κ3) is 2.45. The minimum atomic E-state index is -3.62. The lowest BCUT2D eigenvalue weighted by molar-refractivity contribution is 0.0696. The van der Waals surface area contributed by atoms with E-state index in [2.05, 4.69) is 0 Å². The first-order valence-corrected chi connectivity index (χ1v) is 8.18. The summed E-state index contributed by atoms with van der Waals surface area (Å²) in [6.07, 6.45) is 2.50. The molecule has 0 amide bonds. The van der Waals surface area contributed by atoms with Crippen molar-refractivity contribution < 1.29 is 18.3 Å².